The molecule has 3 heterocycles. The van der Waals surface area contributed by atoms with Crippen molar-refractivity contribution in [3.8, 4) is 0 Å². The average Bonchev–Trinajstić information content (AvgIpc) is 2.91. The lowest BCUT2D eigenvalue weighted by molar-refractivity contribution is -0.380. The number of anilines is 1. The van der Waals surface area contributed by atoms with Gasteiger partial charge in [-0.2, -0.15) is 0 Å². The summed E-state index contributed by atoms with van der Waals surface area (Å²) in [7, 11) is 0. The summed E-state index contributed by atoms with van der Waals surface area (Å²) in [4.78, 5) is 21.9. The Bertz CT molecular complexity index is 664. The highest BCUT2D eigenvalue weighted by atomic mass is 32.1. The van der Waals surface area contributed by atoms with Crippen molar-refractivity contribution < 1.29 is 4.92 Å². The van der Waals surface area contributed by atoms with Gasteiger partial charge in [-0.3, -0.25) is 10.1 Å². The van der Waals surface area contributed by atoms with Crippen molar-refractivity contribution in [3.63, 3.8) is 0 Å². The number of thiophene rings is 1. The maximum atomic E-state index is 10.9. The van der Waals surface area contributed by atoms with Gasteiger partial charge < -0.3 is 10.6 Å². The number of hydrogen-bond donors (Lipinski definition) is 1. The molecule has 1 fully saturated rings. The van der Waals surface area contributed by atoms with Gasteiger partial charge in [0.15, 0.2) is 0 Å². The molecule has 2 aromatic rings. The number of nitrogens with two attached hydrogens (primary N) is 1. The second-order valence-electron chi connectivity index (χ2n) is 5.44. The van der Waals surface area contributed by atoms with Gasteiger partial charge in [0.25, 0.3) is 0 Å². The van der Waals surface area contributed by atoms with E-state index in [1.54, 1.807) is 6.07 Å². The SMILES string of the molecule is CC(N)C1CCN(c2ncnc3sc([N+](=O)[O-])cc23)CC1. The van der Waals surface area contributed by atoms with Gasteiger partial charge in [0.1, 0.15) is 17.0 Å². The van der Waals surface area contributed by atoms with Crippen molar-refractivity contribution in [3.05, 3.63) is 22.5 Å². The summed E-state index contributed by atoms with van der Waals surface area (Å²) in [5.74, 6) is 1.34. The molecule has 8 heteroatoms. The van der Waals surface area contributed by atoms with Crippen LogP contribution in [0.25, 0.3) is 10.2 Å². The molecule has 0 spiro atoms. The molecule has 21 heavy (non-hydrogen) atoms. The molecule has 3 rings (SSSR count). The van der Waals surface area contributed by atoms with E-state index >= 15 is 0 Å². The molecule has 2 aromatic heterocycles. The Kier molecular flexibility index (Phi) is 3.73. The van der Waals surface area contributed by atoms with Gasteiger partial charge in [-0.05, 0) is 37.0 Å². The molecule has 2 N–H and O–H groups in total. The average molecular weight is 307 g/mol. The predicted octanol–water partition coefficient (Wildman–Crippen LogP) is 2.16. The van der Waals surface area contributed by atoms with Crippen molar-refractivity contribution in [1.82, 2.24) is 9.97 Å². The van der Waals surface area contributed by atoms with Crippen LogP contribution in [0.5, 0.6) is 0 Å². The molecule has 0 amide bonds. The second-order valence-corrected chi connectivity index (χ2v) is 6.45. The van der Waals surface area contributed by atoms with Crippen LogP contribution in [0.4, 0.5) is 10.8 Å². The van der Waals surface area contributed by atoms with E-state index in [-0.39, 0.29) is 16.0 Å². The van der Waals surface area contributed by atoms with Gasteiger partial charge in [-0.15, -0.1) is 0 Å². The lowest BCUT2D eigenvalue weighted by Crippen LogP contribution is -2.40. The third kappa shape index (κ3) is 2.68. The fourth-order valence-electron chi connectivity index (χ4n) is 2.81. The van der Waals surface area contributed by atoms with Crippen molar-refractivity contribution >= 4 is 32.4 Å². The maximum Gasteiger partial charge on any atom is 0.326 e. The molecule has 1 atom stereocenters. The monoisotopic (exact) mass is 307 g/mol. The van der Waals surface area contributed by atoms with Crippen LogP contribution in [0.15, 0.2) is 12.4 Å². The van der Waals surface area contributed by atoms with E-state index in [0.29, 0.717) is 10.7 Å². The van der Waals surface area contributed by atoms with Gasteiger partial charge in [-0.25, -0.2) is 9.97 Å². The minimum Gasteiger partial charge on any atom is -0.356 e. The number of nitro groups is 1. The Morgan fingerprint density at radius 2 is 2.19 bits per heavy atom. The fourth-order valence-corrected chi connectivity index (χ4v) is 3.62. The fraction of sp³-hybridized carbons (Fsp3) is 0.538. The molecule has 1 aliphatic heterocycles. The van der Waals surface area contributed by atoms with Crippen LogP contribution in [0.3, 0.4) is 0 Å². The number of rotatable bonds is 3. The Labute approximate surface area is 125 Å². The highest BCUT2D eigenvalue weighted by Crippen LogP contribution is 2.35. The largest absolute Gasteiger partial charge is 0.356 e. The number of aromatic nitrogens is 2. The molecule has 0 aliphatic carbocycles. The lowest BCUT2D eigenvalue weighted by Gasteiger charge is -2.34. The van der Waals surface area contributed by atoms with E-state index in [9.17, 15) is 10.1 Å². The van der Waals surface area contributed by atoms with Crippen LogP contribution in [0.1, 0.15) is 19.8 Å². The van der Waals surface area contributed by atoms with Gasteiger partial charge in [0.2, 0.25) is 0 Å². The molecule has 0 aromatic carbocycles. The van der Waals surface area contributed by atoms with Crippen molar-refractivity contribution in [1.29, 1.82) is 0 Å². The summed E-state index contributed by atoms with van der Waals surface area (Å²) in [5.41, 5.74) is 5.96. The van der Waals surface area contributed by atoms with Crippen LogP contribution >= 0.6 is 11.3 Å². The Balaban J connectivity index is 1.89. The third-order valence-corrected chi connectivity index (χ3v) is 5.05. The first-order valence-electron chi connectivity index (χ1n) is 6.95. The van der Waals surface area contributed by atoms with Gasteiger partial charge in [-0.1, -0.05) is 0 Å². The number of nitrogens with zero attached hydrogens (tertiary/aromatic N) is 4. The zero-order valence-corrected chi connectivity index (χ0v) is 12.5. The second kappa shape index (κ2) is 5.53. The molecular formula is C13H17N5O2S. The molecular weight excluding hydrogens is 290 g/mol. The minimum absolute atomic E-state index is 0.109. The van der Waals surface area contributed by atoms with E-state index in [0.717, 1.165) is 48.5 Å². The topological polar surface area (TPSA) is 98.2 Å². The molecule has 0 saturated carbocycles. The van der Waals surface area contributed by atoms with Gasteiger partial charge in [0, 0.05) is 25.2 Å². The summed E-state index contributed by atoms with van der Waals surface area (Å²) in [6.45, 7) is 3.80. The van der Waals surface area contributed by atoms with E-state index in [4.69, 9.17) is 5.73 Å². The Morgan fingerprint density at radius 3 is 2.81 bits per heavy atom. The van der Waals surface area contributed by atoms with Crippen LogP contribution in [0, 0.1) is 16.0 Å². The van der Waals surface area contributed by atoms with Crippen LogP contribution in [0.2, 0.25) is 0 Å². The van der Waals surface area contributed by atoms with Gasteiger partial charge in [0.05, 0.1) is 10.3 Å². The first-order valence-corrected chi connectivity index (χ1v) is 7.77. The molecule has 0 radical (unpaired) electrons. The van der Waals surface area contributed by atoms with E-state index < -0.39 is 0 Å². The number of piperidine rings is 1. The minimum atomic E-state index is -0.377. The lowest BCUT2D eigenvalue weighted by atomic mass is 9.91. The molecule has 1 saturated heterocycles. The Morgan fingerprint density at radius 1 is 1.48 bits per heavy atom. The van der Waals surface area contributed by atoms with Crippen LogP contribution < -0.4 is 10.6 Å². The summed E-state index contributed by atoms with van der Waals surface area (Å²) in [5, 5.41) is 11.8. The zero-order valence-electron chi connectivity index (χ0n) is 11.7. The normalized spacial score (nSPS) is 18.1. The standard InChI is InChI=1S/C13H17N5O2S/c1-8(14)9-2-4-17(5-3-9)12-10-6-11(18(19)20)21-13(10)16-7-15-12/h6-9H,2-5,14H2,1H3. The molecule has 1 aliphatic rings. The summed E-state index contributed by atoms with van der Waals surface area (Å²) in [6, 6.07) is 1.78. The third-order valence-electron chi connectivity index (χ3n) is 4.06. The summed E-state index contributed by atoms with van der Waals surface area (Å²) >= 11 is 1.09. The van der Waals surface area contributed by atoms with E-state index in [1.165, 1.54) is 6.33 Å². The number of fused-ring (bicyclic) bond motifs is 1. The summed E-state index contributed by atoms with van der Waals surface area (Å²) < 4.78 is 0. The van der Waals surface area contributed by atoms with E-state index in [1.807, 2.05) is 6.92 Å². The maximum absolute atomic E-state index is 10.9. The smallest absolute Gasteiger partial charge is 0.326 e. The highest BCUT2D eigenvalue weighted by molar-refractivity contribution is 7.21. The highest BCUT2D eigenvalue weighted by Gasteiger charge is 2.25. The number of hydrogen-bond acceptors (Lipinski definition) is 7. The quantitative estimate of drug-likeness (QED) is 0.689. The molecule has 7 nitrogen and oxygen atoms in total. The first kappa shape index (κ1) is 14.2. The van der Waals surface area contributed by atoms with Crippen molar-refractivity contribution in [2.45, 2.75) is 25.8 Å². The van der Waals surface area contributed by atoms with E-state index in [2.05, 4.69) is 14.9 Å². The molecule has 112 valence electrons. The van der Waals surface area contributed by atoms with Crippen LogP contribution in [-0.4, -0.2) is 34.0 Å². The molecule has 0 bridgehead atoms. The molecule has 1 unspecified atom stereocenters. The first-order chi connectivity index (χ1) is 10.1. The van der Waals surface area contributed by atoms with Crippen LogP contribution in [-0.2, 0) is 0 Å². The zero-order chi connectivity index (χ0) is 15.0. The van der Waals surface area contributed by atoms with Crippen molar-refractivity contribution in [2.75, 3.05) is 18.0 Å². The predicted molar refractivity (Wildman–Crippen MR) is 82.7 cm³/mol. The summed E-state index contributed by atoms with van der Waals surface area (Å²) in [6.07, 6.45) is 3.53. The van der Waals surface area contributed by atoms with Crippen molar-refractivity contribution in [2.24, 2.45) is 11.7 Å². The van der Waals surface area contributed by atoms with Gasteiger partial charge >= 0.3 is 5.00 Å². The Hall–Kier alpha value is -1.80.